The number of aliphatic hydroxyl groups is 1. The Bertz CT molecular complexity index is 539. The van der Waals surface area contributed by atoms with Crippen molar-refractivity contribution in [3.8, 4) is 5.75 Å². The van der Waals surface area contributed by atoms with Gasteiger partial charge in [0.15, 0.2) is 0 Å². The largest absolute Gasteiger partial charge is 0.497 e. The third kappa shape index (κ3) is 4.10. The number of rotatable bonds is 5. The van der Waals surface area contributed by atoms with E-state index in [-0.39, 0.29) is 0 Å². The van der Waals surface area contributed by atoms with Gasteiger partial charge in [0.25, 0.3) is 0 Å². The molecule has 1 unspecified atom stereocenters. The Balaban J connectivity index is 2.03. The van der Waals surface area contributed by atoms with Crippen molar-refractivity contribution in [2.75, 3.05) is 7.11 Å². The average molecular weight is 270 g/mol. The first-order valence-electron chi connectivity index (χ1n) is 6.89. The Morgan fingerprint density at radius 2 is 1.35 bits per heavy atom. The summed E-state index contributed by atoms with van der Waals surface area (Å²) in [5, 5.41) is 10.6. The zero-order valence-corrected chi connectivity index (χ0v) is 12.4. The van der Waals surface area contributed by atoms with E-state index < -0.39 is 5.60 Å². The Kier molecular flexibility index (Phi) is 4.46. The molecule has 2 aromatic carbocycles. The quantitative estimate of drug-likeness (QED) is 0.900. The van der Waals surface area contributed by atoms with E-state index in [0.717, 1.165) is 16.9 Å². The van der Waals surface area contributed by atoms with Crippen LogP contribution in [0.3, 0.4) is 0 Å². The molecule has 0 aliphatic heterocycles. The van der Waals surface area contributed by atoms with Crippen LogP contribution in [0.2, 0.25) is 0 Å². The van der Waals surface area contributed by atoms with Crippen LogP contribution in [-0.2, 0) is 12.8 Å². The molecular formula is C18H22O2. The molecule has 0 amide bonds. The van der Waals surface area contributed by atoms with Crippen LogP contribution in [0, 0.1) is 6.92 Å². The lowest BCUT2D eigenvalue weighted by molar-refractivity contribution is 0.0608. The van der Waals surface area contributed by atoms with Crippen molar-refractivity contribution in [3.63, 3.8) is 0 Å². The molecule has 20 heavy (non-hydrogen) atoms. The lowest BCUT2D eigenvalue weighted by atomic mass is 9.89. The normalized spacial score (nSPS) is 13.8. The van der Waals surface area contributed by atoms with Crippen molar-refractivity contribution in [1.29, 1.82) is 0 Å². The van der Waals surface area contributed by atoms with Crippen molar-refractivity contribution in [2.45, 2.75) is 32.3 Å². The maximum Gasteiger partial charge on any atom is 0.118 e. The van der Waals surface area contributed by atoms with Gasteiger partial charge in [-0.05, 0) is 37.1 Å². The topological polar surface area (TPSA) is 29.5 Å². The van der Waals surface area contributed by atoms with Gasteiger partial charge in [0.05, 0.1) is 12.7 Å². The third-order valence-electron chi connectivity index (χ3n) is 3.45. The monoisotopic (exact) mass is 270 g/mol. The SMILES string of the molecule is COc1ccc(CC(C)(O)Cc2ccc(C)cc2)cc1. The summed E-state index contributed by atoms with van der Waals surface area (Å²) < 4.78 is 5.14. The van der Waals surface area contributed by atoms with Gasteiger partial charge in [-0.3, -0.25) is 0 Å². The summed E-state index contributed by atoms with van der Waals surface area (Å²) in [7, 11) is 1.66. The van der Waals surface area contributed by atoms with Crippen LogP contribution in [0.5, 0.6) is 5.75 Å². The molecule has 0 radical (unpaired) electrons. The number of methoxy groups -OCH3 is 1. The van der Waals surface area contributed by atoms with E-state index in [4.69, 9.17) is 4.74 Å². The zero-order chi connectivity index (χ0) is 14.6. The second-order valence-electron chi connectivity index (χ2n) is 5.68. The summed E-state index contributed by atoms with van der Waals surface area (Å²) in [6, 6.07) is 16.2. The number of hydrogen-bond donors (Lipinski definition) is 1. The van der Waals surface area contributed by atoms with Gasteiger partial charge in [0.2, 0.25) is 0 Å². The van der Waals surface area contributed by atoms with Gasteiger partial charge in [-0.2, -0.15) is 0 Å². The molecular weight excluding hydrogens is 248 g/mol. The van der Waals surface area contributed by atoms with Gasteiger partial charge in [-0.15, -0.1) is 0 Å². The van der Waals surface area contributed by atoms with Crippen LogP contribution < -0.4 is 4.74 Å². The average Bonchev–Trinajstić information content (AvgIpc) is 2.41. The maximum atomic E-state index is 10.6. The summed E-state index contributed by atoms with van der Waals surface area (Å²) >= 11 is 0. The molecule has 1 N–H and O–H groups in total. The lowest BCUT2D eigenvalue weighted by Crippen LogP contribution is -2.30. The summed E-state index contributed by atoms with van der Waals surface area (Å²) in [6.45, 7) is 3.95. The minimum absolute atomic E-state index is 0.630. The first-order chi connectivity index (χ1) is 9.48. The van der Waals surface area contributed by atoms with Crippen molar-refractivity contribution < 1.29 is 9.84 Å². The molecule has 2 heteroatoms. The molecule has 0 saturated heterocycles. The third-order valence-corrected chi connectivity index (χ3v) is 3.45. The van der Waals surface area contributed by atoms with Crippen molar-refractivity contribution >= 4 is 0 Å². The Morgan fingerprint density at radius 3 is 1.80 bits per heavy atom. The van der Waals surface area contributed by atoms with E-state index in [0.29, 0.717) is 12.8 Å². The molecule has 0 aliphatic rings. The van der Waals surface area contributed by atoms with Crippen molar-refractivity contribution in [1.82, 2.24) is 0 Å². The number of hydrogen-bond acceptors (Lipinski definition) is 2. The Labute approximate surface area is 121 Å². The van der Waals surface area contributed by atoms with Gasteiger partial charge >= 0.3 is 0 Å². The van der Waals surface area contributed by atoms with Crippen LogP contribution in [-0.4, -0.2) is 17.8 Å². The van der Waals surface area contributed by atoms with Gasteiger partial charge in [-0.1, -0.05) is 42.0 Å². The first-order valence-corrected chi connectivity index (χ1v) is 6.89. The van der Waals surface area contributed by atoms with Crippen LogP contribution >= 0.6 is 0 Å². The molecule has 0 aliphatic carbocycles. The maximum absolute atomic E-state index is 10.6. The van der Waals surface area contributed by atoms with Crippen molar-refractivity contribution in [2.24, 2.45) is 0 Å². The fourth-order valence-corrected chi connectivity index (χ4v) is 2.39. The van der Waals surface area contributed by atoms with E-state index >= 15 is 0 Å². The van der Waals surface area contributed by atoms with Crippen LogP contribution in [0.1, 0.15) is 23.6 Å². The van der Waals surface area contributed by atoms with E-state index in [1.165, 1.54) is 5.56 Å². The number of ether oxygens (including phenoxy) is 1. The molecule has 0 spiro atoms. The van der Waals surface area contributed by atoms with Crippen LogP contribution in [0.4, 0.5) is 0 Å². The van der Waals surface area contributed by atoms with Crippen LogP contribution in [0.25, 0.3) is 0 Å². The van der Waals surface area contributed by atoms with Crippen molar-refractivity contribution in [3.05, 3.63) is 65.2 Å². The van der Waals surface area contributed by atoms with E-state index in [1.807, 2.05) is 31.2 Å². The second-order valence-corrected chi connectivity index (χ2v) is 5.68. The molecule has 106 valence electrons. The van der Waals surface area contributed by atoms with E-state index in [9.17, 15) is 5.11 Å². The van der Waals surface area contributed by atoms with Gasteiger partial charge in [-0.25, -0.2) is 0 Å². The molecule has 2 aromatic rings. The fourth-order valence-electron chi connectivity index (χ4n) is 2.39. The zero-order valence-electron chi connectivity index (χ0n) is 12.4. The molecule has 2 rings (SSSR count). The van der Waals surface area contributed by atoms with Gasteiger partial charge < -0.3 is 9.84 Å². The summed E-state index contributed by atoms with van der Waals surface area (Å²) in [5.74, 6) is 0.840. The Morgan fingerprint density at radius 1 is 0.900 bits per heavy atom. The standard InChI is InChI=1S/C18H22O2/c1-14-4-6-15(7-5-14)12-18(2,19)13-16-8-10-17(20-3)11-9-16/h4-11,19H,12-13H2,1-3H3. The summed E-state index contributed by atoms with van der Waals surface area (Å²) in [6.07, 6.45) is 1.28. The summed E-state index contributed by atoms with van der Waals surface area (Å²) in [4.78, 5) is 0. The Hall–Kier alpha value is -1.80. The van der Waals surface area contributed by atoms with Crippen LogP contribution in [0.15, 0.2) is 48.5 Å². The minimum atomic E-state index is -0.746. The molecule has 0 saturated carbocycles. The predicted molar refractivity (Wildman–Crippen MR) is 82.2 cm³/mol. The van der Waals surface area contributed by atoms with Gasteiger partial charge in [0.1, 0.15) is 5.75 Å². The minimum Gasteiger partial charge on any atom is -0.497 e. The van der Waals surface area contributed by atoms with E-state index in [1.54, 1.807) is 7.11 Å². The van der Waals surface area contributed by atoms with Gasteiger partial charge in [0, 0.05) is 12.8 Å². The fraction of sp³-hybridized carbons (Fsp3) is 0.333. The molecule has 2 nitrogen and oxygen atoms in total. The molecule has 0 fully saturated rings. The molecule has 0 aromatic heterocycles. The first kappa shape index (κ1) is 14.6. The summed E-state index contributed by atoms with van der Waals surface area (Å²) in [5.41, 5.74) is 2.77. The lowest BCUT2D eigenvalue weighted by Gasteiger charge is -2.23. The smallest absolute Gasteiger partial charge is 0.118 e. The highest BCUT2D eigenvalue weighted by atomic mass is 16.5. The molecule has 0 bridgehead atoms. The van der Waals surface area contributed by atoms with E-state index in [2.05, 4.69) is 31.2 Å². The predicted octanol–water partition coefficient (Wildman–Crippen LogP) is 3.54. The molecule has 0 heterocycles. The number of benzene rings is 2. The second kappa shape index (κ2) is 6.10. The highest BCUT2D eigenvalue weighted by Gasteiger charge is 2.21. The highest BCUT2D eigenvalue weighted by molar-refractivity contribution is 5.29. The number of aryl methyl sites for hydroxylation is 1. The highest BCUT2D eigenvalue weighted by Crippen LogP contribution is 2.21. The molecule has 1 atom stereocenters.